The van der Waals surface area contributed by atoms with E-state index in [0.29, 0.717) is 17.0 Å². The quantitative estimate of drug-likeness (QED) is 0.458. The monoisotopic (exact) mass is 484 g/mol. The number of carbonyl (C=O) groups excluding carboxylic acids is 1. The van der Waals surface area contributed by atoms with E-state index in [2.05, 4.69) is 5.32 Å². The zero-order valence-corrected chi connectivity index (χ0v) is 20.1. The van der Waals surface area contributed by atoms with Gasteiger partial charge in [-0.2, -0.15) is 0 Å². The summed E-state index contributed by atoms with van der Waals surface area (Å²) in [5, 5.41) is 12.9. The van der Waals surface area contributed by atoms with Gasteiger partial charge in [-0.15, -0.1) is 0 Å². The lowest BCUT2D eigenvalue weighted by Gasteiger charge is -2.25. The van der Waals surface area contributed by atoms with Crippen molar-refractivity contribution in [2.75, 3.05) is 31.6 Å². The Morgan fingerprint density at radius 3 is 2.24 bits per heavy atom. The smallest absolute Gasteiger partial charge is 0.264 e. The first-order chi connectivity index (χ1) is 16.3. The van der Waals surface area contributed by atoms with E-state index in [1.807, 2.05) is 13.0 Å². The lowest BCUT2D eigenvalue weighted by molar-refractivity contribution is -0.120. The highest BCUT2D eigenvalue weighted by atomic mass is 32.2. The van der Waals surface area contributed by atoms with E-state index in [9.17, 15) is 18.3 Å². The number of nitrogens with one attached hydrogen (secondary N) is 1. The number of benzene rings is 3. The Morgan fingerprint density at radius 1 is 0.971 bits per heavy atom. The zero-order valence-electron chi connectivity index (χ0n) is 19.3. The van der Waals surface area contributed by atoms with Gasteiger partial charge in [0.15, 0.2) is 11.5 Å². The number of amides is 1. The maximum atomic E-state index is 13.6. The van der Waals surface area contributed by atoms with E-state index in [1.54, 1.807) is 48.5 Å². The van der Waals surface area contributed by atoms with Gasteiger partial charge in [0.05, 0.1) is 30.9 Å². The molecule has 0 saturated carbocycles. The number of sulfonamides is 1. The second kappa shape index (κ2) is 11.0. The lowest BCUT2D eigenvalue weighted by Crippen LogP contribution is -2.42. The number of anilines is 1. The van der Waals surface area contributed by atoms with Crippen LogP contribution in [0.2, 0.25) is 0 Å². The van der Waals surface area contributed by atoms with Crippen LogP contribution in [0.15, 0.2) is 77.7 Å². The minimum Gasteiger partial charge on any atom is -0.493 e. The minimum atomic E-state index is -4.14. The molecule has 0 fully saturated rings. The van der Waals surface area contributed by atoms with Crippen LogP contribution < -0.4 is 19.1 Å². The van der Waals surface area contributed by atoms with Crippen LogP contribution in [0.25, 0.3) is 0 Å². The average molecular weight is 485 g/mol. The van der Waals surface area contributed by atoms with Gasteiger partial charge in [0.2, 0.25) is 5.91 Å². The van der Waals surface area contributed by atoms with Crippen molar-refractivity contribution >= 4 is 21.6 Å². The third kappa shape index (κ3) is 5.86. The molecule has 3 rings (SSSR count). The topological polar surface area (TPSA) is 105 Å². The molecule has 0 bridgehead atoms. The summed E-state index contributed by atoms with van der Waals surface area (Å²) in [6.07, 6.45) is -0.916. The number of aliphatic hydroxyl groups is 1. The van der Waals surface area contributed by atoms with Crippen molar-refractivity contribution in [1.29, 1.82) is 0 Å². The predicted octanol–water partition coefficient (Wildman–Crippen LogP) is 3.06. The highest BCUT2D eigenvalue weighted by Gasteiger charge is 2.28. The average Bonchev–Trinajstić information content (AvgIpc) is 2.86. The zero-order chi connectivity index (χ0) is 24.7. The molecule has 0 aliphatic heterocycles. The molecule has 9 heteroatoms. The van der Waals surface area contributed by atoms with Crippen LogP contribution in [0, 0.1) is 6.92 Å². The third-order valence-electron chi connectivity index (χ3n) is 5.23. The van der Waals surface area contributed by atoms with Crippen LogP contribution in [-0.4, -0.2) is 46.7 Å². The fourth-order valence-corrected chi connectivity index (χ4v) is 4.76. The first-order valence-electron chi connectivity index (χ1n) is 10.6. The van der Waals surface area contributed by atoms with Gasteiger partial charge in [-0.05, 0) is 36.8 Å². The number of carbonyl (C=O) groups is 1. The Bertz CT molecular complexity index is 1210. The van der Waals surface area contributed by atoms with Gasteiger partial charge in [-0.3, -0.25) is 9.10 Å². The van der Waals surface area contributed by atoms with Crippen LogP contribution in [0.3, 0.4) is 0 Å². The summed E-state index contributed by atoms with van der Waals surface area (Å²) in [5.41, 5.74) is 1.93. The first kappa shape index (κ1) is 25.1. The molecular formula is C25H28N2O6S. The molecule has 0 spiro atoms. The predicted molar refractivity (Wildman–Crippen MR) is 130 cm³/mol. The molecule has 0 aliphatic carbocycles. The standard InChI is InChI=1S/C25H28N2O6S/c1-18-9-11-20(12-10-18)27(17-25(29)26-16-22(28)19-7-5-4-6-8-19)34(30,31)21-13-14-23(32-2)24(15-21)33-3/h4-15,22,28H,16-17H2,1-3H3,(H,26,29). The number of nitrogens with zero attached hydrogens (tertiary/aromatic N) is 1. The summed E-state index contributed by atoms with van der Waals surface area (Å²) >= 11 is 0. The van der Waals surface area contributed by atoms with Crippen molar-refractivity contribution < 1.29 is 27.8 Å². The number of ether oxygens (including phenoxy) is 2. The number of aryl methyl sites for hydroxylation is 1. The largest absolute Gasteiger partial charge is 0.493 e. The number of methoxy groups -OCH3 is 2. The third-order valence-corrected chi connectivity index (χ3v) is 7.00. The van der Waals surface area contributed by atoms with Crippen molar-refractivity contribution in [3.8, 4) is 11.5 Å². The SMILES string of the molecule is COc1ccc(S(=O)(=O)N(CC(=O)NCC(O)c2ccccc2)c2ccc(C)cc2)cc1OC. The maximum absolute atomic E-state index is 13.6. The fourth-order valence-electron chi connectivity index (χ4n) is 3.32. The second-order valence-corrected chi connectivity index (χ2v) is 9.46. The van der Waals surface area contributed by atoms with Gasteiger partial charge < -0.3 is 19.9 Å². The molecule has 8 nitrogen and oxygen atoms in total. The van der Waals surface area contributed by atoms with Crippen molar-refractivity contribution in [2.24, 2.45) is 0 Å². The number of hydrogen-bond donors (Lipinski definition) is 2. The summed E-state index contributed by atoms with van der Waals surface area (Å²) < 4.78 is 38.6. The van der Waals surface area contributed by atoms with Crippen LogP contribution in [0.4, 0.5) is 5.69 Å². The molecule has 0 aromatic heterocycles. The second-order valence-electron chi connectivity index (χ2n) is 7.59. The molecule has 180 valence electrons. The Kier molecular flexibility index (Phi) is 8.14. The summed E-state index contributed by atoms with van der Waals surface area (Å²) in [5.74, 6) is 0.0819. The Morgan fingerprint density at radius 2 is 1.62 bits per heavy atom. The van der Waals surface area contributed by atoms with E-state index in [-0.39, 0.29) is 17.2 Å². The molecular weight excluding hydrogens is 456 g/mol. The summed E-state index contributed by atoms with van der Waals surface area (Å²) in [6, 6.07) is 20.0. The van der Waals surface area contributed by atoms with E-state index in [4.69, 9.17) is 9.47 Å². The van der Waals surface area contributed by atoms with E-state index in [0.717, 1.165) is 9.87 Å². The summed E-state index contributed by atoms with van der Waals surface area (Å²) in [7, 11) is -1.26. The molecule has 0 saturated heterocycles. The number of hydrogen-bond acceptors (Lipinski definition) is 6. The van der Waals surface area contributed by atoms with Crippen molar-refractivity contribution in [1.82, 2.24) is 5.32 Å². The summed E-state index contributed by atoms with van der Waals surface area (Å²) in [4.78, 5) is 12.7. The van der Waals surface area contributed by atoms with Crippen molar-refractivity contribution in [3.05, 3.63) is 83.9 Å². The number of rotatable bonds is 10. The molecule has 1 amide bonds. The van der Waals surface area contributed by atoms with E-state index < -0.39 is 28.6 Å². The first-order valence-corrected chi connectivity index (χ1v) is 12.0. The number of aliphatic hydroxyl groups excluding tert-OH is 1. The Hall–Kier alpha value is -3.56. The van der Waals surface area contributed by atoms with Crippen LogP contribution in [0.1, 0.15) is 17.2 Å². The van der Waals surface area contributed by atoms with Gasteiger partial charge in [0.25, 0.3) is 10.0 Å². The molecule has 34 heavy (non-hydrogen) atoms. The van der Waals surface area contributed by atoms with Gasteiger partial charge in [-0.25, -0.2) is 8.42 Å². The molecule has 0 aliphatic rings. The normalized spacial score (nSPS) is 12.0. The summed E-state index contributed by atoms with van der Waals surface area (Å²) in [6.45, 7) is 1.36. The van der Waals surface area contributed by atoms with Crippen LogP contribution in [-0.2, 0) is 14.8 Å². The molecule has 3 aromatic carbocycles. The highest BCUT2D eigenvalue weighted by Crippen LogP contribution is 2.32. The van der Waals surface area contributed by atoms with Crippen LogP contribution >= 0.6 is 0 Å². The molecule has 0 radical (unpaired) electrons. The van der Waals surface area contributed by atoms with Gasteiger partial charge in [0.1, 0.15) is 6.54 Å². The molecule has 1 atom stereocenters. The van der Waals surface area contributed by atoms with E-state index >= 15 is 0 Å². The minimum absolute atomic E-state index is 0.0529. The maximum Gasteiger partial charge on any atom is 0.264 e. The van der Waals surface area contributed by atoms with Crippen molar-refractivity contribution in [3.63, 3.8) is 0 Å². The Labute approximate surface area is 199 Å². The van der Waals surface area contributed by atoms with Gasteiger partial charge in [0, 0.05) is 12.6 Å². The fraction of sp³-hybridized carbons (Fsp3) is 0.240. The van der Waals surface area contributed by atoms with Gasteiger partial charge in [-0.1, -0.05) is 48.0 Å². The molecule has 1 unspecified atom stereocenters. The van der Waals surface area contributed by atoms with Gasteiger partial charge >= 0.3 is 0 Å². The van der Waals surface area contributed by atoms with Crippen molar-refractivity contribution in [2.45, 2.75) is 17.9 Å². The molecule has 3 aromatic rings. The lowest BCUT2D eigenvalue weighted by atomic mass is 10.1. The molecule has 2 N–H and O–H groups in total. The molecule has 0 heterocycles. The van der Waals surface area contributed by atoms with E-state index in [1.165, 1.54) is 32.4 Å². The Balaban J connectivity index is 1.87. The van der Waals surface area contributed by atoms with Crippen LogP contribution in [0.5, 0.6) is 11.5 Å². The highest BCUT2D eigenvalue weighted by molar-refractivity contribution is 7.92.